The van der Waals surface area contributed by atoms with E-state index < -0.39 is 22.2 Å². The van der Waals surface area contributed by atoms with Crippen LogP contribution in [0, 0.1) is 0 Å². The van der Waals surface area contributed by atoms with Gasteiger partial charge in [-0.2, -0.15) is 0 Å². The fourth-order valence-corrected chi connectivity index (χ4v) is 18.5. The van der Waals surface area contributed by atoms with E-state index in [1.54, 1.807) is 0 Å². The molecule has 2 aromatic rings. The van der Waals surface area contributed by atoms with Gasteiger partial charge in [0.25, 0.3) is 16.6 Å². The summed E-state index contributed by atoms with van der Waals surface area (Å²) in [7, 11) is -3.98. The summed E-state index contributed by atoms with van der Waals surface area (Å²) in [5.74, 6) is 1.99. The predicted molar refractivity (Wildman–Crippen MR) is 172 cm³/mol. The molecule has 1 aliphatic rings. The van der Waals surface area contributed by atoms with Crippen LogP contribution in [0.5, 0.6) is 11.5 Å². The highest BCUT2D eigenvalue weighted by Crippen LogP contribution is 2.47. The summed E-state index contributed by atoms with van der Waals surface area (Å²) in [5.41, 5.74) is 5.29. The van der Waals surface area contributed by atoms with Crippen molar-refractivity contribution >= 4 is 16.6 Å². The van der Waals surface area contributed by atoms with Gasteiger partial charge in [-0.1, -0.05) is 107 Å². The average Bonchev–Trinajstić information content (AvgIpc) is 3.36. The predicted octanol–water partition coefficient (Wildman–Crippen LogP) is 10.8. The van der Waals surface area contributed by atoms with Crippen molar-refractivity contribution in [2.24, 2.45) is 0 Å². The lowest BCUT2D eigenvalue weighted by atomic mass is 9.84. The van der Waals surface area contributed by atoms with E-state index in [0.717, 1.165) is 30.9 Å². The normalized spacial score (nSPS) is 16.4. The van der Waals surface area contributed by atoms with Crippen LogP contribution in [0.2, 0.25) is 33.2 Å². The van der Waals surface area contributed by atoms with Crippen molar-refractivity contribution < 1.29 is 13.6 Å². The maximum Gasteiger partial charge on any atom is 0.258 e. The molecule has 0 atom stereocenters. The molecule has 218 valence electrons. The molecule has 0 saturated carbocycles. The molecule has 5 heteroatoms. The molecule has 0 amide bonds. The van der Waals surface area contributed by atoms with E-state index in [4.69, 9.17) is 13.6 Å². The molecule has 3 rings (SSSR count). The number of benzene rings is 2. The second-order valence-corrected chi connectivity index (χ2v) is 24.4. The Hall–Kier alpha value is -1.57. The molecule has 0 aliphatic carbocycles. The Labute approximate surface area is 242 Å². The fourth-order valence-electron chi connectivity index (χ4n) is 7.96. The molecule has 0 N–H and O–H groups in total. The summed E-state index contributed by atoms with van der Waals surface area (Å²) in [6.07, 6.45) is 2.05. The van der Waals surface area contributed by atoms with Crippen LogP contribution in [-0.2, 0) is 10.3 Å². The lowest BCUT2D eigenvalue weighted by molar-refractivity contribution is 0.0359. The van der Waals surface area contributed by atoms with Gasteiger partial charge in [0.2, 0.25) is 0 Å². The van der Waals surface area contributed by atoms with Crippen LogP contribution in [0.25, 0.3) is 0 Å². The van der Waals surface area contributed by atoms with E-state index >= 15 is 0 Å². The van der Waals surface area contributed by atoms with Crippen molar-refractivity contribution in [1.29, 1.82) is 0 Å². The van der Waals surface area contributed by atoms with Crippen LogP contribution < -0.4 is 8.85 Å². The van der Waals surface area contributed by atoms with Crippen LogP contribution in [0.3, 0.4) is 0 Å². The second-order valence-electron chi connectivity index (χ2n) is 13.7. The molecule has 1 saturated heterocycles. The molecule has 0 bridgehead atoms. The average molecular weight is 569 g/mol. The van der Waals surface area contributed by atoms with E-state index in [1.165, 1.54) is 11.1 Å². The van der Waals surface area contributed by atoms with Crippen LogP contribution in [-0.4, -0.2) is 23.2 Å². The maximum absolute atomic E-state index is 6.95. The van der Waals surface area contributed by atoms with Crippen molar-refractivity contribution in [2.75, 3.05) is 6.61 Å². The van der Waals surface area contributed by atoms with E-state index in [9.17, 15) is 0 Å². The summed E-state index contributed by atoms with van der Waals surface area (Å²) < 4.78 is 20.5. The highest BCUT2D eigenvalue weighted by molar-refractivity contribution is 6.78. The maximum atomic E-state index is 6.95. The molecular weight excluding hydrogens is 513 g/mol. The Kier molecular flexibility index (Phi) is 10.3. The van der Waals surface area contributed by atoms with Gasteiger partial charge < -0.3 is 13.6 Å². The van der Waals surface area contributed by atoms with Gasteiger partial charge in [-0.25, -0.2) is 0 Å². The molecule has 0 radical (unpaired) electrons. The lowest BCUT2D eigenvalue weighted by Gasteiger charge is -2.42. The van der Waals surface area contributed by atoms with E-state index in [-0.39, 0.29) is 0 Å². The van der Waals surface area contributed by atoms with Crippen molar-refractivity contribution in [3.8, 4) is 11.5 Å². The first-order chi connectivity index (χ1) is 18.2. The third-order valence-electron chi connectivity index (χ3n) is 9.67. The van der Waals surface area contributed by atoms with Crippen molar-refractivity contribution in [3.63, 3.8) is 0 Å². The zero-order chi connectivity index (χ0) is 29.2. The zero-order valence-corrected chi connectivity index (χ0v) is 28.9. The van der Waals surface area contributed by atoms with Gasteiger partial charge in [-0.15, -0.1) is 0 Å². The quantitative estimate of drug-likeness (QED) is 0.238. The number of hydrogen-bond donors (Lipinski definition) is 0. The number of hydrogen-bond acceptors (Lipinski definition) is 3. The molecule has 0 spiro atoms. The molecule has 39 heavy (non-hydrogen) atoms. The van der Waals surface area contributed by atoms with Crippen molar-refractivity contribution in [1.82, 2.24) is 0 Å². The third kappa shape index (κ3) is 5.92. The smallest absolute Gasteiger partial charge is 0.258 e. The minimum absolute atomic E-state index is 0.414. The highest BCUT2D eigenvalue weighted by atomic mass is 28.4. The summed E-state index contributed by atoms with van der Waals surface area (Å²) in [4.78, 5) is 0. The van der Waals surface area contributed by atoms with Crippen LogP contribution >= 0.6 is 0 Å². The van der Waals surface area contributed by atoms with E-state index in [0.29, 0.717) is 33.2 Å². The van der Waals surface area contributed by atoms with Crippen molar-refractivity contribution in [2.45, 2.75) is 135 Å². The Balaban J connectivity index is 1.92. The van der Waals surface area contributed by atoms with Gasteiger partial charge in [0.1, 0.15) is 17.1 Å². The second kappa shape index (κ2) is 12.5. The Bertz CT molecular complexity index is 910. The van der Waals surface area contributed by atoms with Crippen LogP contribution in [0.1, 0.15) is 107 Å². The Morgan fingerprint density at radius 3 is 1.08 bits per heavy atom. The molecule has 2 aromatic carbocycles. The SMILES string of the molecule is CC(C)[Si](Oc1ccc(C2(c3ccc(O[Si](C(C)C)(C(C)C)C(C)C)cc3)CCCO2)cc1)(C(C)C)C(C)C. The molecule has 1 fully saturated rings. The van der Waals surface area contributed by atoms with Gasteiger partial charge >= 0.3 is 0 Å². The highest BCUT2D eigenvalue weighted by Gasteiger charge is 2.48. The first-order valence-corrected chi connectivity index (χ1v) is 19.7. The minimum Gasteiger partial charge on any atom is -0.543 e. The van der Waals surface area contributed by atoms with Gasteiger partial charge in [-0.3, -0.25) is 0 Å². The van der Waals surface area contributed by atoms with Crippen LogP contribution in [0.15, 0.2) is 48.5 Å². The number of rotatable bonds is 12. The summed E-state index contributed by atoms with van der Waals surface area (Å²) in [5, 5.41) is 0. The van der Waals surface area contributed by atoms with Gasteiger partial charge in [0.15, 0.2) is 0 Å². The van der Waals surface area contributed by atoms with Gasteiger partial charge in [0.05, 0.1) is 0 Å². The molecular formula is C34H56O3Si2. The van der Waals surface area contributed by atoms with E-state index in [1.807, 2.05) is 0 Å². The molecule has 3 nitrogen and oxygen atoms in total. The first-order valence-electron chi connectivity index (χ1n) is 15.5. The monoisotopic (exact) mass is 568 g/mol. The number of ether oxygens (including phenoxy) is 1. The fraction of sp³-hybridized carbons (Fsp3) is 0.647. The summed E-state index contributed by atoms with van der Waals surface area (Å²) in [6.45, 7) is 28.8. The lowest BCUT2D eigenvalue weighted by Crippen LogP contribution is -2.50. The molecule has 0 aromatic heterocycles. The van der Waals surface area contributed by atoms with E-state index in [2.05, 4.69) is 132 Å². The minimum atomic E-state index is -1.99. The Morgan fingerprint density at radius 1 is 0.538 bits per heavy atom. The summed E-state index contributed by atoms with van der Waals surface area (Å²) >= 11 is 0. The largest absolute Gasteiger partial charge is 0.543 e. The summed E-state index contributed by atoms with van der Waals surface area (Å²) in [6, 6.07) is 17.7. The molecule has 0 unspecified atom stereocenters. The Morgan fingerprint density at radius 2 is 0.846 bits per heavy atom. The third-order valence-corrected chi connectivity index (χ3v) is 21.7. The van der Waals surface area contributed by atoms with Gasteiger partial charge in [-0.05, 0) is 81.5 Å². The molecule has 1 aliphatic heterocycles. The van der Waals surface area contributed by atoms with Crippen LogP contribution in [0.4, 0.5) is 0 Å². The molecule has 1 heterocycles. The first kappa shape index (κ1) is 32.0. The van der Waals surface area contributed by atoms with Gasteiger partial charge in [0, 0.05) is 6.61 Å². The topological polar surface area (TPSA) is 27.7 Å². The van der Waals surface area contributed by atoms with Crippen molar-refractivity contribution in [3.05, 3.63) is 59.7 Å². The zero-order valence-electron chi connectivity index (χ0n) is 26.9. The standard InChI is InChI=1S/C34H56O3Si2/c1-24(2)38(25(3)4,26(5)6)36-32-18-14-30(15-19-32)34(22-13-23-35-34)31-16-20-33(21-17-31)37-39(27(7)8,28(9)10)29(11)12/h14-21,24-29H,13,22-23H2,1-12H3.